The molecule has 3 rings (SSSR count). The van der Waals surface area contributed by atoms with Crippen molar-refractivity contribution in [3.63, 3.8) is 0 Å². The van der Waals surface area contributed by atoms with Crippen LogP contribution >= 0.6 is 11.6 Å². The number of halogens is 1. The van der Waals surface area contributed by atoms with Gasteiger partial charge in [0.15, 0.2) is 0 Å². The molecule has 6 heteroatoms. The second-order valence-corrected chi connectivity index (χ2v) is 6.80. The maximum absolute atomic E-state index is 12.2. The van der Waals surface area contributed by atoms with Crippen molar-refractivity contribution in [2.75, 3.05) is 26.2 Å². The summed E-state index contributed by atoms with van der Waals surface area (Å²) in [5, 5.41) is 9.47. The predicted octanol–water partition coefficient (Wildman–Crippen LogP) is 1.58. The van der Waals surface area contributed by atoms with E-state index in [1.54, 1.807) is 24.3 Å². The predicted molar refractivity (Wildman–Crippen MR) is 89.4 cm³/mol. The molecule has 1 heterocycles. The van der Waals surface area contributed by atoms with Crippen LogP contribution in [0.5, 0.6) is 0 Å². The summed E-state index contributed by atoms with van der Waals surface area (Å²) in [4.78, 5) is 24.2. The van der Waals surface area contributed by atoms with Gasteiger partial charge in [-0.1, -0.05) is 23.7 Å². The smallest absolute Gasteiger partial charge is 0.252 e. The molecule has 23 heavy (non-hydrogen) atoms. The van der Waals surface area contributed by atoms with Gasteiger partial charge in [-0.25, -0.2) is 0 Å². The molecule has 3 N–H and O–H groups in total. The lowest BCUT2D eigenvalue weighted by atomic mass is 9.92. The Bertz CT molecular complexity index is 599. The molecule has 1 aliphatic carbocycles. The van der Waals surface area contributed by atoms with Crippen molar-refractivity contribution in [3.8, 4) is 0 Å². The first kappa shape index (κ1) is 16.3. The normalized spacial score (nSPS) is 21.7. The Hall–Kier alpha value is -1.59. The highest BCUT2D eigenvalue weighted by atomic mass is 35.5. The van der Waals surface area contributed by atoms with Gasteiger partial charge in [0.05, 0.1) is 10.6 Å². The van der Waals surface area contributed by atoms with Gasteiger partial charge in [0.2, 0.25) is 5.91 Å². The summed E-state index contributed by atoms with van der Waals surface area (Å²) < 4.78 is 0. The lowest BCUT2D eigenvalue weighted by Gasteiger charge is -2.23. The second-order valence-electron chi connectivity index (χ2n) is 6.40. The first-order valence-corrected chi connectivity index (χ1v) is 8.51. The molecule has 124 valence electrons. The molecule has 5 nitrogen and oxygen atoms in total. The molecular formula is C17H22ClN3O2. The molecule has 2 fully saturated rings. The van der Waals surface area contributed by atoms with E-state index < -0.39 is 0 Å². The summed E-state index contributed by atoms with van der Waals surface area (Å²) in [6.07, 6.45) is 3.19. The minimum Gasteiger partial charge on any atom is -0.354 e. The Morgan fingerprint density at radius 1 is 1.17 bits per heavy atom. The van der Waals surface area contributed by atoms with E-state index in [-0.39, 0.29) is 23.1 Å². The number of amides is 2. The van der Waals surface area contributed by atoms with E-state index in [2.05, 4.69) is 16.0 Å². The Morgan fingerprint density at radius 2 is 1.87 bits per heavy atom. The van der Waals surface area contributed by atoms with E-state index in [0.717, 1.165) is 32.4 Å². The summed E-state index contributed by atoms with van der Waals surface area (Å²) >= 11 is 5.98. The molecule has 1 aromatic rings. The molecule has 1 unspecified atom stereocenters. The quantitative estimate of drug-likeness (QED) is 0.715. The lowest BCUT2D eigenvalue weighted by molar-refractivity contribution is -0.123. The van der Waals surface area contributed by atoms with Gasteiger partial charge in [-0.3, -0.25) is 9.59 Å². The van der Waals surface area contributed by atoms with E-state index in [1.165, 1.54) is 0 Å². The number of hydrogen-bond acceptors (Lipinski definition) is 3. The number of carbonyl (C=O) groups excluding carboxylic acids is 2. The highest BCUT2D eigenvalue weighted by Gasteiger charge is 2.57. The average molecular weight is 336 g/mol. The number of rotatable bonds is 5. The summed E-state index contributed by atoms with van der Waals surface area (Å²) in [7, 11) is 0. The molecule has 1 atom stereocenters. The number of nitrogens with one attached hydrogen (secondary N) is 3. The Balaban J connectivity index is 1.38. The zero-order valence-electron chi connectivity index (χ0n) is 13.0. The van der Waals surface area contributed by atoms with Crippen LogP contribution in [0.2, 0.25) is 5.02 Å². The van der Waals surface area contributed by atoms with Crippen molar-refractivity contribution in [1.29, 1.82) is 0 Å². The molecule has 1 aliphatic heterocycles. The largest absolute Gasteiger partial charge is 0.354 e. The van der Waals surface area contributed by atoms with Crippen LogP contribution in [0.25, 0.3) is 0 Å². The third-order valence-corrected chi connectivity index (χ3v) is 5.26. The van der Waals surface area contributed by atoms with Gasteiger partial charge in [-0.15, -0.1) is 0 Å². The lowest BCUT2D eigenvalue weighted by Crippen LogP contribution is -2.37. The van der Waals surface area contributed by atoms with Crippen molar-refractivity contribution in [2.24, 2.45) is 11.3 Å². The zero-order chi connectivity index (χ0) is 16.3. The number of carbonyl (C=O) groups is 2. The Kier molecular flexibility index (Phi) is 4.87. The molecule has 1 saturated carbocycles. The van der Waals surface area contributed by atoms with Gasteiger partial charge in [-0.2, -0.15) is 0 Å². The van der Waals surface area contributed by atoms with E-state index >= 15 is 0 Å². The standard InChI is InChI=1S/C17H22ClN3O2/c18-14-4-2-1-3-12(14)15(22)20-9-10-21-16(23)13-11-17(13)5-7-19-8-6-17/h1-4,13,19H,5-11H2,(H,20,22)(H,21,23). The van der Waals surface area contributed by atoms with Crippen LogP contribution < -0.4 is 16.0 Å². The maximum atomic E-state index is 12.2. The number of piperidine rings is 1. The van der Waals surface area contributed by atoms with Crippen molar-refractivity contribution in [2.45, 2.75) is 19.3 Å². The first-order valence-electron chi connectivity index (χ1n) is 8.14. The first-order chi connectivity index (χ1) is 11.1. The van der Waals surface area contributed by atoms with Gasteiger partial charge >= 0.3 is 0 Å². The monoisotopic (exact) mass is 335 g/mol. The third-order valence-electron chi connectivity index (χ3n) is 4.93. The minimum atomic E-state index is -0.217. The molecule has 0 bridgehead atoms. The molecule has 2 aliphatic rings. The molecule has 0 aromatic heterocycles. The van der Waals surface area contributed by atoms with Crippen LogP contribution in [-0.2, 0) is 4.79 Å². The van der Waals surface area contributed by atoms with Crippen LogP contribution in [0.1, 0.15) is 29.6 Å². The SMILES string of the molecule is O=C(NCCNC(=O)C1CC12CCNCC2)c1ccccc1Cl. The number of benzene rings is 1. The van der Waals surface area contributed by atoms with Crippen molar-refractivity contribution < 1.29 is 9.59 Å². The van der Waals surface area contributed by atoms with Crippen molar-refractivity contribution >= 4 is 23.4 Å². The van der Waals surface area contributed by atoms with Gasteiger partial charge < -0.3 is 16.0 Å². The van der Waals surface area contributed by atoms with Gasteiger partial charge in [0, 0.05) is 19.0 Å². The van der Waals surface area contributed by atoms with E-state index in [4.69, 9.17) is 11.6 Å². The summed E-state index contributed by atoms with van der Waals surface area (Å²) in [6, 6.07) is 6.92. The fraction of sp³-hybridized carbons (Fsp3) is 0.529. The Labute approximate surface area is 141 Å². The topological polar surface area (TPSA) is 70.2 Å². The van der Waals surface area contributed by atoms with E-state index in [1.807, 2.05) is 0 Å². The average Bonchev–Trinajstić information content (AvgIpc) is 3.25. The molecule has 2 amide bonds. The zero-order valence-corrected chi connectivity index (χ0v) is 13.8. The van der Waals surface area contributed by atoms with Crippen molar-refractivity contribution in [1.82, 2.24) is 16.0 Å². The minimum absolute atomic E-state index is 0.124. The molecule has 1 spiro atoms. The van der Waals surface area contributed by atoms with Crippen molar-refractivity contribution in [3.05, 3.63) is 34.9 Å². The highest BCUT2D eigenvalue weighted by molar-refractivity contribution is 6.33. The van der Waals surface area contributed by atoms with E-state index in [0.29, 0.717) is 23.7 Å². The third kappa shape index (κ3) is 3.67. The summed E-state index contributed by atoms with van der Waals surface area (Å²) in [5.41, 5.74) is 0.701. The van der Waals surface area contributed by atoms with E-state index in [9.17, 15) is 9.59 Å². The van der Waals surface area contributed by atoms with Crippen LogP contribution in [0.4, 0.5) is 0 Å². The Morgan fingerprint density at radius 3 is 2.61 bits per heavy atom. The van der Waals surface area contributed by atoms with Gasteiger partial charge in [-0.05, 0) is 49.9 Å². The molecule has 0 radical (unpaired) electrons. The fourth-order valence-electron chi connectivity index (χ4n) is 3.42. The van der Waals surface area contributed by atoms with Crippen LogP contribution in [0.15, 0.2) is 24.3 Å². The van der Waals surface area contributed by atoms with Gasteiger partial charge in [0.1, 0.15) is 0 Å². The fourth-order valence-corrected chi connectivity index (χ4v) is 3.64. The summed E-state index contributed by atoms with van der Waals surface area (Å²) in [5.74, 6) is 0.0638. The summed E-state index contributed by atoms with van der Waals surface area (Å²) in [6.45, 7) is 2.87. The maximum Gasteiger partial charge on any atom is 0.252 e. The second kappa shape index (κ2) is 6.89. The number of hydrogen-bond donors (Lipinski definition) is 3. The molecule has 1 saturated heterocycles. The van der Waals surface area contributed by atoms with Crippen LogP contribution in [-0.4, -0.2) is 38.0 Å². The van der Waals surface area contributed by atoms with Crippen LogP contribution in [0.3, 0.4) is 0 Å². The van der Waals surface area contributed by atoms with Gasteiger partial charge in [0.25, 0.3) is 5.91 Å². The molecule has 1 aromatic carbocycles. The highest BCUT2D eigenvalue weighted by Crippen LogP contribution is 2.58. The van der Waals surface area contributed by atoms with Crippen LogP contribution in [0, 0.1) is 11.3 Å². The molecular weight excluding hydrogens is 314 g/mol.